The third-order valence-electron chi connectivity index (χ3n) is 5.17. The van der Waals surface area contributed by atoms with Crippen molar-refractivity contribution in [3.8, 4) is 5.75 Å². The summed E-state index contributed by atoms with van der Waals surface area (Å²) in [5.41, 5.74) is 1.53. The highest BCUT2D eigenvalue weighted by Crippen LogP contribution is 2.37. The first kappa shape index (κ1) is 22.7. The van der Waals surface area contributed by atoms with Crippen LogP contribution < -0.4 is 4.74 Å². The van der Waals surface area contributed by atoms with Gasteiger partial charge in [0.2, 0.25) is 5.91 Å². The number of thioether (sulfide) groups is 1. The first-order valence-corrected chi connectivity index (χ1v) is 11.7. The maximum atomic E-state index is 12.7. The molecule has 2 aliphatic rings. The van der Waals surface area contributed by atoms with Crippen LogP contribution in [0, 0.1) is 0 Å². The minimum Gasteiger partial charge on any atom is -0.486 e. The molecule has 6 nitrogen and oxygen atoms in total. The lowest BCUT2D eigenvalue weighted by atomic mass is 10.2. The maximum absolute atomic E-state index is 12.7. The summed E-state index contributed by atoms with van der Waals surface area (Å²) in [4.78, 5) is 40.3. The van der Waals surface area contributed by atoms with Crippen molar-refractivity contribution in [3.63, 3.8) is 0 Å². The summed E-state index contributed by atoms with van der Waals surface area (Å²) in [6, 6.07) is 12.9. The monoisotopic (exact) mass is 490 g/mol. The maximum Gasteiger partial charge on any atom is 0.294 e. The van der Waals surface area contributed by atoms with Crippen LogP contribution in [-0.4, -0.2) is 46.5 Å². The molecule has 0 unspecified atom stereocenters. The predicted molar refractivity (Wildman–Crippen MR) is 126 cm³/mol. The average Bonchev–Trinajstić information content (AvgIpc) is 3.39. The Labute approximate surface area is 200 Å². The first-order chi connectivity index (χ1) is 15.4. The summed E-state index contributed by atoms with van der Waals surface area (Å²) in [5.74, 6) is -0.361. The number of hydrogen-bond donors (Lipinski definition) is 0. The zero-order valence-electron chi connectivity index (χ0n) is 17.1. The first-order valence-electron chi connectivity index (χ1n) is 10.1. The van der Waals surface area contributed by atoms with Crippen LogP contribution in [0.15, 0.2) is 47.4 Å². The van der Waals surface area contributed by atoms with E-state index in [1.54, 1.807) is 23.1 Å². The van der Waals surface area contributed by atoms with Gasteiger partial charge < -0.3 is 9.64 Å². The number of benzene rings is 2. The molecule has 32 heavy (non-hydrogen) atoms. The molecule has 2 aliphatic heterocycles. The molecule has 166 valence electrons. The molecule has 4 rings (SSSR count). The fraction of sp³-hybridized carbons (Fsp3) is 0.261. The summed E-state index contributed by atoms with van der Waals surface area (Å²) in [6.45, 7) is 1.40. The van der Waals surface area contributed by atoms with E-state index in [1.807, 2.05) is 30.3 Å². The van der Waals surface area contributed by atoms with Gasteiger partial charge >= 0.3 is 0 Å². The van der Waals surface area contributed by atoms with Gasteiger partial charge in [0.1, 0.15) is 13.2 Å². The van der Waals surface area contributed by atoms with Crippen molar-refractivity contribution in [3.05, 3.63) is 68.5 Å². The second-order valence-electron chi connectivity index (χ2n) is 7.44. The van der Waals surface area contributed by atoms with Gasteiger partial charge in [-0.2, -0.15) is 0 Å². The zero-order valence-corrected chi connectivity index (χ0v) is 19.4. The number of amides is 3. The number of carbonyl (C=O) groups excluding carboxylic acids is 3. The lowest BCUT2D eigenvalue weighted by molar-refractivity contribution is -0.135. The topological polar surface area (TPSA) is 66.9 Å². The molecule has 0 atom stereocenters. The number of likely N-dealkylation sites (tertiary alicyclic amines) is 1. The van der Waals surface area contributed by atoms with E-state index in [4.69, 9.17) is 27.9 Å². The average molecular weight is 491 g/mol. The predicted octanol–water partition coefficient (Wildman–Crippen LogP) is 5.23. The second kappa shape index (κ2) is 9.98. The normalized spacial score (nSPS) is 17.5. The number of nitrogens with zero attached hydrogens (tertiary/aromatic N) is 2. The number of rotatable bonds is 6. The van der Waals surface area contributed by atoms with E-state index in [2.05, 4.69) is 0 Å². The van der Waals surface area contributed by atoms with Crippen LogP contribution >= 0.6 is 35.0 Å². The third kappa shape index (κ3) is 5.11. The van der Waals surface area contributed by atoms with Crippen molar-refractivity contribution >= 4 is 58.1 Å². The van der Waals surface area contributed by atoms with Gasteiger partial charge in [-0.1, -0.05) is 53.5 Å². The minimum atomic E-state index is -0.496. The fourth-order valence-electron chi connectivity index (χ4n) is 3.52. The van der Waals surface area contributed by atoms with E-state index in [0.717, 1.165) is 35.1 Å². The second-order valence-corrected chi connectivity index (χ2v) is 9.25. The Morgan fingerprint density at radius 3 is 2.38 bits per heavy atom. The van der Waals surface area contributed by atoms with Crippen molar-refractivity contribution < 1.29 is 19.1 Å². The van der Waals surface area contributed by atoms with Gasteiger partial charge in [0.05, 0.1) is 15.0 Å². The molecule has 2 saturated heterocycles. The van der Waals surface area contributed by atoms with E-state index in [0.29, 0.717) is 41.1 Å². The van der Waals surface area contributed by atoms with Crippen molar-refractivity contribution in [1.29, 1.82) is 0 Å². The molecule has 3 amide bonds. The number of imide groups is 1. The summed E-state index contributed by atoms with van der Waals surface area (Å²) < 4.78 is 5.77. The Bertz CT molecular complexity index is 1060. The van der Waals surface area contributed by atoms with Crippen LogP contribution in [0.2, 0.25) is 10.0 Å². The largest absolute Gasteiger partial charge is 0.486 e. The molecule has 0 radical (unpaired) electrons. The highest BCUT2D eigenvalue weighted by Gasteiger charge is 2.37. The standard InChI is InChI=1S/C23H20Cl2N2O4S/c24-17-10-16(11-18(25)21(17)31-14-15-6-2-1-3-7-15)12-19-22(29)27(23(30)32-19)13-20(28)26-8-4-5-9-26/h1-3,6-7,10-12H,4-5,8-9,13-14H2/b19-12-. The smallest absolute Gasteiger partial charge is 0.294 e. The van der Waals surface area contributed by atoms with Crippen LogP contribution in [0.4, 0.5) is 4.79 Å². The van der Waals surface area contributed by atoms with Crippen LogP contribution in [0.1, 0.15) is 24.0 Å². The Balaban J connectivity index is 1.46. The van der Waals surface area contributed by atoms with Crippen molar-refractivity contribution in [2.75, 3.05) is 19.6 Å². The molecule has 2 fully saturated rings. The summed E-state index contributed by atoms with van der Waals surface area (Å²) in [7, 11) is 0. The number of halogens is 2. The van der Waals surface area contributed by atoms with Crippen LogP contribution in [-0.2, 0) is 16.2 Å². The molecule has 0 bridgehead atoms. The molecule has 9 heteroatoms. The molecule has 2 aromatic carbocycles. The van der Waals surface area contributed by atoms with E-state index in [-0.39, 0.29) is 17.4 Å². The highest BCUT2D eigenvalue weighted by molar-refractivity contribution is 8.18. The Hall–Kier alpha value is -2.48. The lowest BCUT2D eigenvalue weighted by Gasteiger charge is -2.18. The molecular formula is C23H20Cl2N2O4S. The van der Waals surface area contributed by atoms with Crippen molar-refractivity contribution in [1.82, 2.24) is 9.80 Å². The van der Waals surface area contributed by atoms with Gasteiger partial charge in [0.15, 0.2) is 5.75 Å². The van der Waals surface area contributed by atoms with E-state index in [1.165, 1.54) is 0 Å². The highest BCUT2D eigenvalue weighted by atomic mass is 35.5. The van der Waals surface area contributed by atoms with Crippen molar-refractivity contribution in [2.24, 2.45) is 0 Å². The molecule has 2 heterocycles. The van der Waals surface area contributed by atoms with Gasteiger partial charge in [-0.15, -0.1) is 0 Å². The van der Waals surface area contributed by atoms with Crippen LogP contribution in [0.5, 0.6) is 5.75 Å². The molecule has 0 spiro atoms. The third-order valence-corrected chi connectivity index (χ3v) is 6.64. The molecular weight excluding hydrogens is 471 g/mol. The molecule has 2 aromatic rings. The quantitative estimate of drug-likeness (QED) is 0.518. The molecule has 0 saturated carbocycles. The molecule has 0 aliphatic carbocycles. The molecule has 0 N–H and O–H groups in total. The Kier molecular flexibility index (Phi) is 7.08. The number of carbonyl (C=O) groups is 3. The SMILES string of the molecule is O=C(CN1C(=O)S/C(=C\c2cc(Cl)c(OCc3ccccc3)c(Cl)c2)C1=O)N1CCCC1. The molecule has 0 aromatic heterocycles. The summed E-state index contributed by atoms with van der Waals surface area (Å²) >= 11 is 13.5. The van der Waals surface area contributed by atoms with Gasteiger partial charge in [-0.25, -0.2) is 0 Å². The number of hydrogen-bond acceptors (Lipinski definition) is 5. The van der Waals surface area contributed by atoms with E-state index < -0.39 is 11.1 Å². The zero-order chi connectivity index (χ0) is 22.7. The van der Waals surface area contributed by atoms with Gasteiger partial charge in [-0.3, -0.25) is 19.3 Å². The van der Waals surface area contributed by atoms with Crippen LogP contribution in [0.3, 0.4) is 0 Å². The van der Waals surface area contributed by atoms with E-state index in [9.17, 15) is 14.4 Å². The minimum absolute atomic E-state index is 0.211. The van der Waals surface area contributed by atoms with Gasteiger partial charge in [0, 0.05) is 13.1 Å². The van der Waals surface area contributed by atoms with Crippen molar-refractivity contribution in [2.45, 2.75) is 19.4 Å². The van der Waals surface area contributed by atoms with E-state index >= 15 is 0 Å². The summed E-state index contributed by atoms with van der Waals surface area (Å²) in [6.07, 6.45) is 3.43. The van der Waals surface area contributed by atoms with Gasteiger partial charge in [0.25, 0.3) is 11.1 Å². The Morgan fingerprint density at radius 1 is 1.06 bits per heavy atom. The summed E-state index contributed by atoms with van der Waals surface area (Å²) in [5, 5.41) is 0.125. The van der Waals surface area contributed by atoms with Gasteiger partial charge in [-0.05, 0) is 53.9 Å². The fourth-order valence-corrected chi connectivity index (χ4v) is 4.97. The lowest BCUT2D eigenvalue weighted by Crippen LogP contribution is -2.40. The van der Waals surface area contributed by atoms with Crippen LogP contribution in [0.25, 0.3) is 6.08 Å². The Morgan fingerprint density at radius 2 is 1.72 bits per heavy atom. The number of ether oxygens (including phenoxy) is 1.